The summed E-state index contributed by atoms with van der Waals surface area (Å²) in [6.07, 6.45) is 2.42. The number of likely N-dealkylation sites (tertiary alicyclic amines) is 1. The molecule has 1 unspecified atom stereocenters. The second-order valence-electron chi connectivity index (χ2n) is 4.01. The van der Waals surface area contributed by atoms with Gasteiger partial charge in [0.15, 0.2) is 0 Å². The van der Waals surface area contributed by atoms with Crippen molar-refractivity contribution in [2.45, 2.75) is 24.6 Å². The minimum absolute atomic E-state index is 0.222. The Kier molecular flexibility index (Phi) is 4.86. The summed E-state index contributed by atoms with van der Waals surface area (Å²) >= 11 is 5.74. The fraction of sp³-hybridized carbons (Fsp3) is 0.800. The number of amides is 1. The predicted molar refractivity (Wildman–Crippen MR) is 58.2 cm³/mol. The van der Waals surface area contributed by atoms with Crippen molar-refractivity contribution in [1.29, 1.82) is 5.26 Å². The van der Waals surface area contributed by atoms with E-state index in [0.717, 1.165) is 25.9 Å². The molecule has 2 N–H and O–H groups in total. The lowest BCUT2D eigenvalue weighted by Gasteiger charge is -2.31. The van der Waals surface area contributed by atoms with Gasteiger partial charge in [0.25, 0.3) is 0 Å². The van der Waals surface area contributed by atoms with E-state index >= 15 is 0 Å². The number of hydrogen-bond acceptors (Lipinski definition) is 3. The average Bonchev–Trinajstić information content (AvgIpc) is 2.20. The van der Waals surface area contributed by atoms with Gasteiger partial charge < -0.3 is 10.6 Å². The van der Waals surface area contributed by atoms with Gasteiger partial charge in [-0.3, -0.25) is 4.79 Å². The first-order chi connectivity index (χ1) is 7.11. The molecule has 1 saturated heterocycles. The molecule has 1 atom stereocenters. The number of alkyl halides is 1. The molecule has 1 aliphatic heterocycles. The number of carbonyl (C=O) groups excluding carboxylic acids is 1. The lowest BCUT2D eigenvalue weighted by atomic mass is 9.93. The SMILES string of the molecule is N#CC(Cl)CN1CCC(CC(N)=O)CC1. The topological polar surface area (TPSA) is 70.1 Å². The highest BCUT2D eigenvalue weighted by Gasteiger charge is 2.21. The minimum atomic E-state index is -0.433. The molecule has 0 aliphatic carbocycles. The van der Waals surface area contributed by atoms with E-state index in [4.69, 9.17) is 22.6 Å². The molecule has 0 aromatic carbocycles. The van der Waals surface area contributed by atoms with Crippen LogP contribution in [0, 0.1) is 17.2 Å². The molecule has 15 heavy (non-hydrogen) atoms. The minimum Gasteiger partial charge on any atom is -0.370 e. The average molecular weight is 230 g/mol. The van der Waals surface area contributed by atoms with Gasteiger partial charge in [-0.05, 0) is 31.8 Å². The molecule has 1 rings (SSSR count). The van der Waals surface area contributed by atoms with Gasteiger partial charge in [0.05, 0.1) is 6.07 Å². The van der Waals surface area contributed by atoms with Gasteiger partial charge in [-0.15, -0.1) is 11.6 Å². The predicted octanol–water partition coefficient (Wildman–Crippen LogP) is 0.705. The highest BCUT2D eigenvalue weighted by Crippen LogP contribution is 2.20. The van der Waals surface area contributed by atoms with Gasteiger partial charge in [-0.25, -0.2) is 0 Å². The molecule has 0 aromatic heterocycles. The van der Waals surface area contributed by atoms with Crippen LogP contribution in [0.3, 0.4) is 0 Å². The Morgan fingerprint density at radius 1 is 1.60 bits per heavy atom. The zero-order valence-corrected chi connectivity index (χ0v) is 9.41. The van der Waals surface area contributed by atoms with Crippen LogP contribution in [-0.4, -0.2) is 35.8 Å². The van der Waals surface area contributed by atoms with Crippen molar-refractivity contribution in [3.05, 3.63) is 0 Å². The fourth-order valence-electron chi connectivity index (χ4n) is 1.93. The number of rotatable bonds is 4. The van der Waals surface area contributed by atoms with Crippen molar-refractivity contribution in [2.24, 2.45) is 11.7 Å². The third kappa shape index (κ3) is 4.50. The van der Waals surface area contributed by atoms with Crippen LogP contribution in [0.2, 0.25) is 0 Å². The number of carbonyl (C=O) groups is 1. The van der Waals surface area contributed by atoms with Crippen LogP contribution >= 0.6 is 11.6 Å². The van der Waals surface area contributed by atoms with E-state index in [1.807, 2.05) is 6.07 Å². The number of nitrogens with zero attached hydrogens (tertiary/aromatic N) is 2. The van der Waals surface area contributed by atoms with Crippen molar-refractivity contribution >= 4 is 17.5 Å². The maximum absolute atomic E-state index is 10.7. The van der Waals surface area contributed by atoms with Crippen LogP contribution in [0.4, 0.5) is 0 Å². The quantitative estimate of drug-likeness (QED) is 0.722. The molecule has 0 spiro atoms. The maximum atomic E-state index is 10.7. The monoisotopic (exact) mass is 229 g/mol. The first-order valence-electron chi connectivity index (χ1n) is 5.16. The van der Waals surface area contributed by atoms with Crippen molar-refractivity contribution < 1.29 is 4.79 Å². The Morgan fingerprint density at radius 2 is 2.20 bits per heavy atom. The summed E-state index contributed by atoms with van der Waals surface area (Å²) in [4.78, 5) is 12.9. The second kappa shape index (κ2) is 5.94. The summed E-state index contributed by atoms with van der Waals surface area (Å²) in [5.41, 5.74) is 5.14. The van der Waals surface area contributed by atoms with Crippen molar-refractivity contribution in [2.75, 3.05) is 19.6 Å². The molecule has 1 fully saturated rings. The molecule has 0 bridgehead atoms. The first-order valence-corrected chi connectivity index (χ1v) is 5.59. The van der Waals surface area contributed by atoms with Crippen LogP contribution < -0.4 is 5.73 Å². The van der Waals surface area contributed by atoms with Crippen molar-refractivity contribution in [3.8, 4) is 6.07 Å². The zero-order chi connectivity index (χ0) is 11.3. The number of halogens is 1. The van der Waals surface area contributed by atoms with Crippen LogP contribution in [0.5, 0.6) is 0 Å². The van der Waals surface area contributed by atoms with Crippen LogP contribution in [-0.2, 0) is 4.79 Å². The smallest absolute Gasteiger partial charge is 0.217 e. The van der Waals surface area contributed by atoms with Crippen LogP contribution in [0.25, 0.3) is 0 Å². The Morgan fingerprint density at radius 3 is 2.67 bits per heavy atom. The van der Waals surface area contributed by atoms with E-state index in [1.54, 1.807) is 0 Å². The molecular weight excluding hydrogens is 214 g/mol. The highest BCUT2D eigenvalue weighted by molar-refractivity contribution is 6.22. The zero-order valence-electron chi connectivity index (χ0n) is 8.66. The van der Waals surface area contributed by atoms with E-state index in [2.05, 4.69) is 4.90 Å². The summed E-state index contributed by atoms with van der Waals surface area (Å²) in [7, 11) is 0. The van der Waals surface area contributed by atoms with E-state index < -0.39 is 5.38 Å². The number of nitriles is 1. The lowest BCUT2D eigenvalue weighted by Crippen LogP contribution is -2.38. The Labute approximate surface area is 95.0 Å². The third-order valence-electron chi connectivity index (χ3n) is 2.76. The summed E-state index contributed by atoms with van der Waals surface area (Å²) in [6.45, 7) is 2.42. The third-order valence-corrected chi connectivity index (χ3v) is 2.99. The standard InChI is InChI=1S/C10H16ClN3O/c11-9(6-12)7-14-3-1-8(2-4-14)5-10(13)15/h8-9H,1-5,7H2,(H2,13,15). The van der Waals surface area contributed by atoms with Gasteiger partial charge in [-0.1, -0.05) is 0 Å². The first kappa shape index (κ1) is 12.3. The van der Waals surface area contributed by atoms with E-state index in [9.17, 15) is 4.79 Å². The van der Waals surface area contributed by atoms with Crippen molar-refractivity contribution in [1.82, 2.24) is 4.90 Å². The highest BCUT2D eigenvalue weighted by atomic mass is 35.5. The second-order valence-corrected chi connectivity index (χ2v) is 4.54. The summed E-state index contributed by atoms with van der Waals surface area (Å²) < 4.78 is 0. The van der Waals surface area contributed by atoms with Crippen LogP contribution in [0.15, 0.2) is 0 Å². The van der Waals surface area contributed by atoms with E-state index in [1.165, 1.54) is 0 Å². The van der Waals surface area contributed by atoms with Crippen LogP contribution in [0.1, 0.15) is 19.3 Å². The normalized spacial score (nSPS) is 20.8. The molecule has 5 heteroatoms. The fourth-order valence-corrected chi connectivity index (χ4v) is 2.12. The Hall–Kier alpha value is -0.790. The number of piperidine rings is 1. The molecule has 4 nitrogen and oxygen atoms in total. The number of primary amides is 1. The Bertz CT molecular complexity index is 256. The number of hydrogen-bond donors (Lipinski definition) is 1. The summed E-state index contributed by atoms with van der Waals surface area (Å²) in [6, 6.07) is 2.01. The largest absolute Gasteiger partial charge is 0.370 e. The maximum Gasteiger partial charge on any atom is 0.217 e. The van der Waals surface area contributed by atoms with Gasteiger partial charge in [-0.2, -0.15) is 5.26 Å². The van der Waals surface area contributed by atoms with Gasteiger partial charge >= 0.3 is 0 Å². The van der Waals surface area contributed by atoms with Gasteiger partial charge in [0, 0.05) is 13.0 Å². The van der Waals surface area contributed by atoms with Gasteiger partial charge in [0.1, 0.15) is 5.38 Å². The molecule has 0 saturated carbocycles. The molecule has 1 amide bonds. The molecule has 0 radical (unpaired) electrons. The van der Waals surface area contributed by atoms with E-state index in [-0.39, 0.29) is 5.91 Å². The number of nitrogens with two attached hydrogens (primary N) is 1. The lowest BCUT2D eigenvalue weighted by molar-refractivity contribution is -0.119. The molecule has 0 aromatic rings. The summed E-state index contributed by atoms with van der Waals surface area (Å²) in [5.74, 6) is 0.190. The molecule has 84 valence electrons. The summed E-state index contributed by atoms with van der Waals surface area (Å²) in [5, 5.41) is 8.13. The Balaban J connectivity index is 2.24. The van der Waals surface area contributed by atoms with E-state index in [0.29, 0.717) is 18.9 Å². The van der Waals surface area contributed by atoms with Crippen molar-refractivity contribution in [3.63, 3.8) is 0 Å². The molecular formula is C10H16ClN3O. The molecule has 1 aliphatic rings. The van der Waals surface area contributed by atoms with Gasteiger partial charge in [0.2, 0.25) is 5.91 Å². The molecule has 1 heterocycles.